The average Bonchev–Trinajstić information content (AvgIpc) is 3.17. The molecule has 0 atom stereocenters. The number of rotatable bonds is 7. The minimum absolute atomic E-state index is 0.0328. The Morgan fingerprint density at radius 2 is 1.80 bits per heavy atom. The lowest BCUT2D eigenvalue weighted by Gasteiger charge is -2.08. The zero-order valence-corrected chi connectivity index (χ0v) is 17.4. The van der Waals surface area contributed by atoms with Gasteiger partial charge in [0.2, 0.25) is 0 Å². The number of ether oxygens (including phenoxy) is 1. The first-order chi connectivity index (χ1) is 14.6. The molecule has 0 spiro atoms. The molecule has 0 aliphatic carbocycles. The highest BCUT2D eigenvalue weighted by Crippen LogP contribution is 2.24. The van der Waals surface area contributed by atoms with Crippen molar-refractivity contribution in [3.05, 3.63) is 101 Å². The third-order valence-electron chi connectivity index (χ3n) is 5.44. The summed E-state index contributed by atoms with van der Waals surface area (Å²) in [5.74, 6) is 0.803. The smallest absolute Gasteiger partial charge is 0.251 e. The standard InChI is InChI=1S/C26H26N2O2/c1-18-8-9-21(14-19(18)2)26(29)27-13-12-22-16-28-25-15-23(10-11-24(22)25)30-17-20-6-4-3-5-7-20/h3-11,14-16,28H,12-13,17H2,1-2H3,(H,27,29). The number of benzene rings is 3. The number of aromatic amines is 1. The van der Waals surface area contributed by atoms with Crippen molar-refractivity contribution >= 4 is 16.8 Å². The topological polar surface area (TPSA) is 54.1 Å². The summed E-state index contributed by atoms with van der Waals surface area (Å²) in [6.45, 7) is 5.21. The highest BCUT2D eigenvalue weighted by molar-refractivity contribution is 5.94. The van der Waals surface area contributed by atoms with Crippen LogP contribution in [0.15, 0.2) is 72.9 Å². The van der Waals surface area contributed by atoms with Crippen molar-refractivity contribution in [3.8, 4) is 5.75 Å². The highest BCUT2D eigenvalue weighted by Gasteiger charge is 2.09. The molecule has 0 radical (unpaired) electrons. The van der Waals surface area contributed by atoms with Crippen molar-refractivity contribution in [3.63, 3.8) is 0 Å². The molecule has 1 amide bonds. The van der Waals surface area contributed by atoms with E-state index in [1.165, 1.54) is 11.1 Å². The van der Waals surface area contributed by atoms with Crippen LogP contribution < -0.4 is 10.1 Å². The Hall–Kier alpha value is -3.53. The van der Waals surface area contributed by atoms with Crippen LogP contribution in [-0.4, -0.2) is 17.4 Å². The maximum Gasteiger partial charge on any atom is 0.251 e. The lowest BCUT2D eigenvalue weighted by atomic mass is 10.1. The van der Waals surface area contributed by atoms with Crippen molar-refractivity contribution in [1.82, 2.24) is 10.3 Å². The fourth-order valence-electron chi connectivity index (χ4n) is 3.50. The summed E-state index contributed by atoms with van der Waals surface area (Å²) >= 11 is 0. The van der Waals surface area contributed by atoms with Gasteiger partial charge in [0.05, 0.1) is 0 Å². The van der Waals surface area contributed by atoms with Crippen LogP contribution in [0.1, 0.15) is 32.6 Å². The molecular formula is C26H26N2O2. The molecule has 0 saturated carbocycles. The largest absolute Gasteiger partial charge is 0.489 e. The molecule has 4 nitrogen and oxygen atoms in total. The molecule has 4 rings (SSSR count). The molecule has 1 heterocycles. The number of carbonyl (C=O) groups excluding carboxylic acids is 1. The SMILES string of the molecule is Cc1ccc(C(=O)NCCc2c[nH]c3cc(OCc4ccccc4)ccc23)cc1C. The number of nitrogens with one attached hydrogen (secondary N) is 2. The van der Waals surface area contributed by atoms with Gasteiger partial charge in [-0.25, -0.2) is 0 Å². The van der Waals surface area contributed by atoms with Gasteiger partial charge in [0.15, 0.2) is 0 Å². The van der Waals surface area contributed by atoms with Crippen molar-refractivity contribution in [2.24, 2.45) is 0 Å². The third kappa shape index (κ3) is 4.54. The van der Waals surface area contributed by atoms with Gasteiger partial charge in [-0.1, -0.05) is 36.4 Å². The van der Waals surface area contributed by atoms with Gasteiger partial charge < -0.3 is 15.0 Å². The van der Waals surface area contributed by atoms with Crippen LogP contribution >= 0.6 is 0 Å². The first-order valence-electron chi connectivity index (χ1n) is 10.2. The zero-order chi connectivity index (χ0) is 20.9. The van der Waals surface area contributed by atoms with Crippen LogP contribution in [0.5, 0.6) is 5.75 Å². The number of aromatic nitrogens is 1. The number of amides is 1. The van der Waals surface area contributed by atoms with Gasteiger partial charge in [-0.15, -0.1) is 0 Å². The van der Waals surface area contributed by atoms with E-state index in [1.807, 2.05) is 68.6 Å². The van der Waals surface area contributed by atoms with Gasteiger partial charge in [0.25, 0.3) is 5.91 Å². The predicted octanol–water partition coefficient (Wildman–Crippen LogP) is 5.34. The second-order valence-corrected chi connectivity index (χ2v) is 7.60. The van der Waals surface area contributed by atoms with Crippen LogP contribution in [0.3, 0.4) is 0 Å². The summed E-state index contributed by atoms with van der Waals surface area (Å²) in [4.78, 5) is 15.7. The fourth-order valence-corrected chi connectivity index (χ4v) is 3.50. The Kier molecular flexibility index (Phi) is 5.84. The molecule has 0 saturated heterocycles. The summed E-state index contributed by atoms with van der Waals surface area (Å²) in [6, 6.07) is 22.0. The maximum atomic E-state index is 12.4. The Morgan fingerprint density at radius 1 is 0.967 bits per heavy atom. The Morgan fingerprint density at radius 3 is 2.60 bits per heavy atom. The molecule has 1 aromatic heterocycles. The average molecular weight is 399 g/mol. The van der Waals surface area contributed by atoms with E-state index in [2.05, 4.69) is 28.5 Å². The van der Waals surface area contributed by atoms with E-state index in [4.69, 9.17) is 4.74 Å². The van der Waals surface area contributed by atoms with E-state index < -0.39 is 0 Å². The minimum Gasteiger partial charge on any atom is -0.489 e. The summed E-state index contributed by atoms with van der Waals surface area (Å²) in [5, 5.41) is 4.18. The molecule has 0 unspecified atom stereocenters. The van der Waals surface area contributed by atoms with E-state index in [-0.39, 0.29) is 5.91 Å². The van der Waals surface area contributed by atoms with E-state index in [0.29, 0.717) is 18.7 Å². The molecule has 0 fully saturated rings. The first-order valence-corrected chi connectivity index (χ1v) is 10.2. The van der Waals surface area contributed by atoms with Gasteiger partial charge in [-0.05, 0) is 66.8 Å². The summed E-state index contributed by atoms with van der Waals surface area (Å²) < 4.78 is 5.91. The molecule has 2 N–H and O–H groups in total. The Bertz CT molecular complexity index is 1160. The van der Waals surface area contributed by atoms with Crippen molar-refractivity contribution in [2.45, 2.75) is 26.9 Å². The van der Waals surface area contributed by atoms with Crippen molar-refractivity contribution in [1.29, 1.82) is 0 Å². The predicted molar refractivity (Wildman–Crippen MR) is 121 cm³/mol. The highest BCUT2D eigenvalue weighted by atomic mass is 16.5. The minimum atomic E-state index is -0.0328. The molecule has 0 aliphatic heterocycles. The number of fused-ring (bicyclic) bond motifs is 1. The van der Waals surface area contributed by atoms with E-state index >= 15 is 0 Å². The molecule has 30 heavy (non-hydrogen) atoms. The second-order valence-electron chi connectivity index (χ2n) is 7.60. The van der Waals surface area contributed by atoms with Crippen molar-refractivity contribution < 1.29 is 9.53 Å². The van der Waals surface area contributed by atoms with Crippen LogP contribution in [0, 0.1) is 13.8 Å². The Labute approximate surface area is 176 Å². The van der Waals surface area contributed by atoms with Crippen LogP contribution in [0.2, 0.25) is 0 Å². The number of hydrogen-bond donors (Lipinski definition) is 2. The molecule has 4 heteroatoms. The summed E-state index contributed by atoms with van der Waals surface area (Å²) in [7, 11) is 0. The van der Waals surface area contributed by atoms with Gasteiger partial charge in [-0.2, -0.15) is 0 Å². The molecule has 4 aromatic rings. The first kappa shape index (κ1) is 19.8. The van der Waals surface area contributed by atoms with Gasteiger partial charge in [0.1, 0.15) is 12.4 Å². The monoisotopic (exact) mass is 398 g/mol. The molecule has 152 valence electrons. The molecule has 0 bridgehead atoms. The summed E-state index contributed by atoms with van der Waals surface area (Å²) in [5.41, 5.74) is 6.39. The van der Waals surface area contributed by atoms with Crippen LogP contribution in [-0.2, 0) is 13.0 Å². The second kappa shape index (κ2) is 8.87. The third-order valence-corrected chi connectivity index (χ3v) is 5.44. The number of carbonyl (C=O) groups is 1. The molecular weight excluding hydrogens is 372 g/mol. The van der Waals surface area contributed by atoms with Crippen LogP contribution in [0.25, 0.3) is 10.9 Å². The Balaban J connectivity index is 1.35. The van der Waals surface area contributed by atoms with Gasteiger partial charge >= 0.3 is 0 Å². The van der Waals surface area contributed by atoms with Gasteiger partial charge in [-0.3, -0.25) is 4.79 Å². The normalized spacial score (nSPS) is 10.9. The number of hydrogen-bond acceptors (Lipinski definition) is 2. The maximum absolute atomic E-state index is 12.4. The van der Waals surface area contributed by atoms with Crippen molar-refractivity contribution in [2.75, 3.05) is 6.54 Å². The summed E-state index contributed by atoms with van der Waals surface area (Å²) in [6.07, 6.45) is 2.77. The van der Waals surface area contributed by atoms with E-state index in [9.17, 15) is 4.79 Å². The molecule has 3 aromatic carbocycles. The lowest BCUT2D eigenvalue weighted by Crippen LogP contribution is -2.25. The number of H-pyrrole nitrogens is 1. The van der Waals surface area contributed by atoms with E-state index in [0.717, 1.165) is 34.2 Å². The zero-order valence-electron chi connectivity index (χ0n) is 17.4. The lowest BCUT2D eigenvalue weighted by molar-refractivity contribution is 0.0954. The van der Waals surface area contributed by atoms with E-state index in [1.54, 1.807) is 0 Å². The van der Waals surface area contributed by atoms with Crippen LogP contribution in [0.4, 0.5) is 0 Å². The quantitative estimate of drug-likeness (QED) is 0.442. The molecule has 0 aliphatic rings. The fraction of sp³-hybridized carbons (Fsp3) is 0.192. The van der Waals surface area contributed by atoms with Gasteiger partial charge in [0, 0.05) is 35.3 Å². The number of aryl methyl sites for hydroxylation is 2.